The Hall–Kier alpha value is -2.77. The van der Waals surface area contributed by atoms with Crippen LogP contribution in [0.15, 0.2) is 36.4 Å². The fraction of sp³-hybridized carbons (Fsp3) is 0.318. The van der Waals surface area contributed by atoms with Crippen LogP contribution in [0.1, 0.15) is 48.4 Å². The molecule has 7 nitrogen and oxygen atoms in total. The number of benzene rings is 2. The van der Waals surface area contributed by atoms with E-state index in [2.05, 4.69) is 15.3 Å². The molecule has 1 aliphatic rings. The van der Waals surface area contributed by atoms with E-state index in [-0.39, 0.29) is 22.9 Å². The van der Waals surface area contributed by atoms with Gasteiger partial charge in [-0.05, 0) is 65.4 Å². The number of fused-ring (bicyclic) bond motifs is 1. The smallest absolute Gasteiger partial charge is 0.408 e. The minimum absolute atomic E-state index is 0.110. The molecular weight excluding hydrogens is 473 g/mol. The molecule has 0 bridgehead atoms. The highest BCUT2D eigenvalue weighted by Gasteiger charge is 2.29. The summed E-state index contributed by atoms with van der Waals surface area (Å²) in [6, 6.07) is 8.86. The van der Waals surface area contributed by atoms with Gasteiger partial charge in [0.15, 0.2) is 5.75 Å². The van der Waals surface area contributed by atoms with Gasteiger partial charge in [-0.1, -0.05) is 11.6 Å². The Morgan fingerprint density at radius 1 is 1.30 bits per heavy atom. The van der Waals surface area contributed by atoms with Crippen LogP contribution in [0, 0.1) is 0 Å². The van der Waals surface area contributed by atoms with Crippen LogP contribution in [0.3, 0.4) is 0 Å². The third-order valence-electron chi connectivity index (χ3n) is 5.30. The number of carbonyl (C=O) groups excluding carboxylic acids is 2. The quantitative estimate of drug-likeness (QED) is 0.471. The number of carbonyl (C=O) groups is 2. The van der Waals surface area contributed by atoms with E-state index in [1.807, 2.05) is 0 Å². The summed E-state index contributed by atoms with van der Waals surface area (Å²) in [6.45, 7) is 2.14. The lowest BCUT2D eigenvalue weighted by Crippen LogP contribution is -2.36. The van der Waals surface area contributed by atoms with E-state index >= 15 is 0 Å². The Labute approximate surface area is 196 Å². The van der Waals surface area contributed by atoms with E-state index in [0.29, 0.717) is 29.3 Å². The molecule has 2 atom stereocenters. The molecule has 11 heteroatoms. The Bertz CT molecular complexity index is 1210. The molecule has 2 unspecified atom stereocenters. The average Bonchev–Trinajstić information content (AvgIpc) is 3.16. The fourth-order valence-electron chi connectivity index (χ4n) is 3.72. The van der Waals surface area contributed by atoms with Crippen LogP contribution >= 0.6 is 20.8 Å². The van der Waals surface area contributed by atoms with E-state index < -0.39 is 17.8 Å². The first-order valence-electron chi connectivity index (χ1n) is 10.4. The molecule has 33 heavy (non-hydrogen) atoms. The van der Waals surface area contributed by atoms with Crippen LogP contribution < -0.4 is 15.0 Å². The van der Waals surface area contributed by atoms with Crippen LogP contribution in [0.25, 0.3) is 11.0 Å². The molecule has 1 aromatic heterocycles. The second kappa shape index (κ2) is 9.23. The predicted octanol–water partition coefficient (Wildman–Crippen LogP) is 5.03. The zero-order valence-electron chi connectivity index (χ0n) is 17.7. The van der Waals surface area contributed by atoms with Crippen LogP contribution in [0.5, 0.6) is 5.75 Å². The number of anilines is 1. The van der Waals surface area contributed by atoms with E-state index in [1.165, 1.54) is 32.3 Å². The maximum atomic E-state index is 13.7. The van der Waals surface area contributed by atoms with Gasteiger partial charge in [0.1, 0.15) is 5.82 Å². The zero-order valence-corrected chi connectivity index (χ0v) is 19.6. The summed E-state index contributed by atoms with van der Waals surface area (Å²) in [5.74, 6) is -3.97. The van der Waals surface area contributed by atoms with Gasteiger partial charge in [0.25, 0.3) is 5.91 Å². The Kier molecular flexibility index (Phi) is 6.54. The summed E-state index contributed by atoms with van der Waals surface area (Å²) >= 11 is 6.00. The summed E-state index contributed by atoms with van der Waals surface area (Å²) in [7, 11) is 1.30. The van der Waals surface area contributed by atoms with Gasteiger partial charge in [0.2, 0.25) is 5.91 Å². The van der Waals surface area contributed by atoms with Crippen molar-refractivity contribution in [3.63, 3.8) is 0 Å². The van der Waals surface area contributed by atoms with E-state index in [1.54, 1.807) is 25.1 Å². The number of nitrogens with one attached hydrogen (secondary N) is 2. The van der Waals surface area contributed by atoms with Gasteiger partial charge in [-0.25, -0.2) is 4.98 Å². The largest absolute Gasteiger partial charge is 0.428 e. The van der Waals surface area contributed by atoms with Crippen LogP contribution in [-0.4, -0.2) is 34.2 Å². The monoisotopic (exact) mass is 494 g/mol. The number of hydrogen-bond acceptors (Lipinski definition) is 4. The second-order valence-electron chi connectivity index (χ2n) is 7.83. The third-order valence-corrected chi connectivity index (χ3v) is 5.66. The topological polar surface area (TPSA) is 87.3 Å². The number of imidazole rings is 1. The van der Waals surface area contributed by atoms with Crippen molar-refractivity contribution in [3.05, 3.63) is 52.8 Å². The highest BCUT2D eigenvalue weighted by atomic mass is 35.5. The molecule has 2 aromatic carbocycles. The van der Waals surface area contributed by atoms with Crippen molar-refractivity contribution < 1.29 is 23.1 Å². The summed E-state index contributed by atoms with van der Waals surface area (Å²) < 4.78 is 32.1. The number of hydrogen-bond donors (Lipinski definition) is 2. The predicted molar refractivity (Wildman–Crippen MR) is 125 cm³/mol. The van der Waals surface area contributed by atoms with Crippen LogP contribution in [-0.2, 0) is 4.79 Å². The number of alkyl halides is 2. The summed E-state index contributed by atoms with van der Waals surface area (Å²) in [4.78, 5) is 34.2. The summed E-state index contributed by atoms with van der Waals surface area (Å²) in [5, 5.41) is 3.35. The minimum atomic E-state index is -3.56. The average molecular weight is 495 g/mol. The molecule has 3 aromatic rings. The van der Waals surface area contributed by atoms with E-state index in [4.69, 9.17) is 16.3 Å². The molecule has 1 aliphatic heterocycles. The van der Waals surface area contributed by atoms with Crippen molar-refractivity contribution in [1.29, 1.82) is 0 Å². The number of aromatic nitrogens is 2. The number of amides is 2. The highest BCUT2D eigenvalue weighted by Crippen LogP contribution is 2.37. The normalized spacial score (nSPS) is 15.5. The van der Waals surface area contributed by atoms with Crippen molar-refractivity contribution in [2.75, 3.05) is 11.4 Å². The number of piperidine rings is 1. The number of halogens is 3. The Balaban J connectivity index is 1.58. The molecule has 2 heterocycles. The summed E-state index contributed by atoms with van der Waals surface area (Å²) in [5.41, 5.74) is 1.75. The van der Waals surface area contributed by atoms with Gasteiger partial charge in [-0.15, -0.1) is 0 Å². The van der Waals surface area contributed by atoms with E-state index in [0.717, 1.165) is 18.4 Å². The van der Waals surface area contributed by atoms with Gasteiger partial charge in [-0.3, -0.25) is 9.59 Å². The molecule has 0 radical (unpaired) electrons. The van der Waals surface area contributed by atoms with Crippen LogP contribution in [0.4, 0.5) is 14.5 Å². The second-order valence-corrected chi connectivity index (χ2v) is 8.94. The molecule has 1 saturated heterocycles. The number of ether oxygens (including phenoxy) is 1. The van der Waals surface area contributed by atoms with Crippen molar-refractivity contribution >= 4 is 49.4 Å². The molecule has 4 rings (SSSR count). The minimum Gasteiger partial charge on any atom is -0.428 e. The Morgan fingerprint density at radius 3 is 2.82 bits per heavy atom. The number of H-pyrrole nitrogens is 1. The van der Waals surface area contributed by atoms with Crippen LogP contribution in [0.2, 0.25) is 5.02 Å². The maximum absolute atomic E-state index is 13.7. The highest BCUT2D eigenvalue weighted by molar-refractivity contribution is 7.17. The van der Waals surface area contributed by atoms with Crippen molar-refractivity contribution in [2.45, 2.75) is 38.1 Å². The molecule has 0 saturated carbocycles. The first-order chi connectivity index (χ1) is 15.6. The molecule has 2 amide bonds. The molecule has 0 spiro atoms. The molecular formula is C22H22ClF2N4O3P. The number of aromatic amines is 1. The molecule has 0 aliphatic carbocycles. The summed E-state index contributed by atoms with van der Waals surface area (Å²) in [6.07, 6.45) is 1.84. The Morgan fingerprint density at radius 2 is 2.09 bits per heavy atom. The van der Waals surface area contributed by atoms with Crippen molar-refractivity contribution in [1.82, 2.24) is 15.3 Å². The molecule has 174 valence electrons. The fourth-order valence-corrected chi connectivity index (χ4v) is 4.02. The van der Waals surface area contributed by atoms with E-state index in [9.17, 15) is 18.4 Å². The number of rotatable bonds is 6. The lowest BCUT2D eigenvalue weighted by Gasteiger charge is -2.29. The van der Waals surface area contributed by atoms with Gasteiger partial charge >= 0.3 is 5.85 Å². The SMILES string of the molecule is CC(NC(=O)c1ccc(N2CCCCC2=O)c(OC(F)(F)P)c1)c1nc2ccc(Cl)cc2[nH]1. The zero-order chi connectivity index (χ0) is 23.8. The lowest BCUT2D eigenvalue weighted by atomic mass is 10.1. The van der Waals surface area contributed by atoms with Gasteiger partial charge < -0.3 is 19.9 Å². The van der Waals surface area contributed by atoms with Gasteiger partial charge in [0, 0.05) is 23.6 Å². The van der Waals surface area contributed by atoms with Crippen molar-refractivity contribution in [3.8, 4) is 5.75 Å². The molecule has 2 N–H and O–H groups in total. The standard InChI is InChI=1S/C22H22ClF2N4O3P/c1-12(20-27-15-7-6-14(23)11-16(15)28-20)26-21(31)13-5-8-17(18(10-13)32-22(24,25)33)29-9-3-2-4-19(29)30/h5-8,10-12H,2-4,9,33H2,1H3,(H,26,31)(H,27,28). The van der Waals surface area contributed by atoms with Crippen molar-refractivity contribution in [2.24, 2.45) is 0 Å². The molecule has 1 fully saturated rings. The van der Waals surface area contributed by atoms with Gasteiger partial charge in [0.05, 0.1) is 22.8 Å². The van der Waals surface area contributed by atoms with Gasteiger partial charge in [-0.2, -0.15) is 8.78 Å². The first kappa shape index (κ1) is 23.4. The number of nitrogens with zero attached hydrogens (tertiary/aromatic N) is 2. The lowest BCUT2D eigenvalue weighted by molar-refractivity contribution is -0.119. The third kappa shape index (κ3) is 5.42. The maximum Gasteiger partial charge on any atom is 0.408 e. The first-order valence-corrected chi connectivity index (χ1v) is 11.3.